The number of hydrogen-bond acceptors (Lipinski definition) is 3. The van der Waals surface area contributed by atoms with Gasteiger partial charge < -0.3 is 10.4 Å². The molecule has 0 bridgehead atoms. The summed E-state index contributed by atoms with van der Waals surface area (Å²) in [6.45, 7) is 9.50. The molecule has 0 spiro atoms. The molecule has 3 N–H and O–H groups in total. The molecule has 112 valence electrons. The molecule has 1 unspecified atom stereocenters. The Hall–Kier alpha value is -1.85. The van der Waals surface area contributed by atoms with Crippen LogP contribution in [0.1, 0.15) is 63.1 Å². The molecule has 0 saturated heterocycles. The second-order valence-electron chi connectivity index (χ2n) is 5.96. The largest absolute Gasteiger partial charge is 0.481 e. The smallest absolute Gasteiger partial charge is 0.305 e. The number of carboxylic acid groups (broad SMARTS) is 1. The van der Waals surface area contributed by atoms with Crippen LogP contribution in [0.15, 0.2) is 6.07 Å². The minimum Gasteiger partial charge on any atom is -0.481 e. The zero-order valence-electron chi connectivity index (χ0n) is 12.7. The van der Waals surface area contributed by atoms with Crippen LogP contribution in [0.3, 0.4) is 0 Å². The van der Waals surface area contributed by atoms with E-state index in [2.05, 4.69) is 15.5 Å². The number of aliphatic carboxylic acids is 1. The molecule has 1 rings (SSSR count). The number of amides is 1. The fraction of sp³-hybridized carbons (Fsp3) is 0.643. The molecule has 0 saturated carbocycles. The number of H-pyrrole nitrogens is 1. The van der Waals surface area contributed by atoms with Gasteiger partial charge in [-0.25, -0.2) is 0 Å². The van der Waals surface area contributed by atoms with Gasteiger partial charge in [-0.15, -0.1) is 0 Å². The average Bonchev–Trinajstić information content (AvgIpc) is 2.76. The van der Waals surface area contributed by atoms with E-state index in [1.54, 1.807) is 13.0 Å². The zero-order chi connectivity index (χ0) is 15.5. The van der Waals surface area contributed by atoms with E-state index in [4.69, 9.17) is 5.11 Å². The fourth-order valence-corrected chi connectivity index (χ4v) is 1.78. The number of carboxylic acids is 1. The number of carbonyl (C=O) groups is 2. The van der Waals surface area contributed by atoms with Gasteiger partial charge in [-0.3, -0.25) is 14.7 Å². The number of aromatic amines is 1. The summed E-state index contributed by atoms with van der Waals surface area (Å²) < 4.78 is 0. The van der Waals surface area contributed by atoms with Crippen LogP contribution in [0.2, 0.25) is 0 Å². The van der Waals surface area contributed by atoms with Gasteiger partial charge in [0, 0.05) is 5.69 Å². The van der Waals surface area contributed by atoms with E-state index in [9.17, 15) is 9.59 Å². The Kier molecular flexibility index (Phi) is 4.92. The minimum absolute atomic E-state index is 0.00828. The van der Waals surface area contributed by atoms with Gasteiger partial charge in [-0.05, 0) is 24.8 Å². The number of aromatic nitrogens is 2. The number of rotatable bonds is 6. The third kappa shape index (κ3) is 3.82. The van der Waals surface area contributed by atoms with Gasteiger partial charge in [0.05, 0.1) is 12.0 Å². The van der Waals surface area contributed by atoms with Crippen molar-refractivity contribution in [2.45, 2.75) is 52.5 Å². The summed E-state index contributed by atoms with van der Waals surface area (Å²) in [4.78, 5) is 23.2. The van der Waals surface area contributed by atoms with Crippen molar-refractivity contribution in [3.8, 4) is 0 Å². The Balaban J connectivity index is 2.87. The first-order valence-electron chi connectivity index (χ1n) is 6.75. The van der Waals surface area contributed by atoms with Gasteiger partial charge in [0.2, 0.25) is 0 Å². The fourth-order valence-electron chi connectivity index (χ4n) is 1.78. The van der Waals surface area contributed by atoms with Gasteiger partial charge >= 0.3 is 5.97 Å². The highest BCUT2D eigenvalue weighted by atomic mass is 16.4. The maximum absolute atomic E-state index is 12.2. The van der Waals surface area contributed by atoms with Crippen LogP contribution in [0.25, 0.3) is 0 Å². The molecule has 0 fully saturated rings. The Morgan fingerprint density at radius 1 is 1.40 bits per heavy atom. The predicted octanol–water partition coefficient (Wildman–Crippen LogP) is 2.15. The van der Waals surface area contributed by atoms with Crippen molar-refractivity contribution in [1.82, 2.24) is 15.5 Å². The van der Waals surface area contributed by atoms with Crippen LogP contribution >= 0.6 is 0 Å². The quantitative estimate of drug-likeness (QED) is 0.744. The van der Waals surface area contributed by atoms with Crippen molar-refractivity contribution in [2.24, 2.45) is 5.92 Å². The highest BCUT2D eigenvalue weighted by Gasteiger charge is 2.33. The van der Waals surface area contributed by atoms with Crippen molar-refractivity contribution in [3.05, 3.63) is 17.5 Å². The zero-order valence-corrected chi connectivity index (χ0v) is 12.7. The lowest BCUT2D eigenvalue weighted by molar-refractivity contribution is -0.138. The predicted molar refractivity (Wildman–Crippen MR) is 75.6 cm³/mol. The summed E-state index contributed by atoms with van der Waals surface area (Å²) in [6.07, 6.45) is -0.127. The third-order valence-corrected chi connectivity index (χ3v) is 3.64. The average molecular weight is 281 g/mol. The molecule has 20 heavy (non-hydrogen) atoms. The highest BCUT2D eigenvalue weighted by Crippen LogP contribution is 2.21. The van der Waals surface area contributed by atoms with E-state index >= 15 is 0 Å². The Bertz CT molecular complexity index is 494. The van der Waals surface area contributed by atoms with Crippen molar-refractivity contribution >= 4 is 11.9 Å². The lowest BCUT2D eigenvalue weighted by atomic mass is 9.85. The van der Waals surface area contributed by atoms with Gasteiger partial charge in [0.15, 0.2) is 0 Å². The molecule has 1 aromatic heterocycles. The molecule has 0 aliphatic heterocycles. The minimum atomic E-state index is -0.939. The Labute approximate surface area is 119 Å². The van der Waals surface area contributed by atoms with Gasteiger partial charge in [-0.1, -0.05) is 27.7 Å². The summed E-state index contributed by atoms with van der Waals surface area (Å²) in [7, 11) is 0. The van der Waals surface area contributed by atoms with Crippen LogP contribution in [0, 0.1) is 5.92 Å². The van der Waals surface area contributed by atoms with Gasteiger partial charge in [0.1, 0.15) is 5.69 Å². The van der Waals surface area contributed by atoms with Crippen molar-refractivity contribution in [1.29, 1.82) is 0 Å². The molecular weight excluding hydrogens is 258 g/mol. The number of hydrogen-bond donors (Lipinski definition) is 3. The molecule has 0 aliphatic rings. The molecule has 6 heteroatoms. The van der Waals surface area contributed by atoms with E-state index in [-0.39, 0.29) is 29.9 Å². The summed E-state index contributed by atoms with van der Waals surface area (Å²) in [5.41, 5.74) is 0.352. The molecule has 1 heterocycles. The van der Waals surface area contributed by atoms with E-state index in [1.165, 1.54) is 0 Å². The molecule has 1 amide bonds. The first kappa shape index (κ1) is 16.2. The Morgan fingerprint density at radius 3 is 2.40 bits per heavy atom. The highest BCUT2D eigenvalue weighted by molar-refractivity contribution is 5.93. The lowest BCUT2D eigenvalue weighted by Gasteiger charge is -2.33. The monoisotopic (exact) mass is 281 g/mol. The first-order valence-corrected chi connectivity index (χ1v) is 6.75. The van der Waals surface area contributed by atoms with Crippen LogP contribution < -0.4 is 5.32 Å². The number of carbonyl (C=O) groups excluding carboxylic acids is 1. The van der Waals surface area contributed by atoms with Crippen molar-refractivity contribution in [3.63, 3.8) is 0 Å². The summed E-state index contributed by atoms with van der Waals surface area (Å²) in [5.74, 6) is -1.05. The van der Waals surface area contributed by atoms with Crippen molar-refractivity contribution < 1.29 is 14.7 Å². The second kappa shape index (κ2) is 6.07. The molecule has 0 aromatic carbocycles. The Morgan fingerprint density at radius 2 is 2.00 bits per heavy atom. The summed E-state index contributed by atoms with van der Waals surface area (Å²) in [5, 5.41) is 18.6. The van der Waals surface area contributed by atoms with Crippen LogP contribution in [-0.2, 0) is 4.79 Å². The molecule has 1 atom stereocenters. The number of nitrogens with zero attached hydrogens (tertiary/aromatic N) is 1. The van der Waals surface area contributed by atoms with E-state index in [0.29, 0.717) is 0 Å². The number of nitrogens with one attached hydrogen (secondary N) is 2. The van der Waals surface area contributed by atoms with E-state index in [1.807, 2.05) is 27.7 Å². The maximum Gasteiger partial charge on any atom is 0.305 e. The van der Waals surface area contributed by atoms with Crippen LogP contribution in [-0.4, -0.2) is 32.7 Å². The molecule has 1 aromatic rings. The first-order chi connectivity index (χ1) is 9.15. The van der Waals surface area contributed by atoms with Crippen LogP contribution in [0.5, 0.6) is 0 Å². The maximum atomic E-state index is 12.2. The normalized spacial score (nSPS) is 14.3. The van der Waals surface area contributed by atoms with Gasteiger partial charge in [0.25, 0.3) is 5.91 Å². The second-order valence-corrected chi connectivity index (χ2v) is 5.96. The SMILES string of the molecule is CC(C)c1cc(C(=O)NC(C)(CC(=O)O)C(C)C)n[nH]1. The molecule has 6 nitrogen and oxygen atoms in total. The molecule has 0 radical (unpaired) electrons. The third-order valence-electron chi connectivity index (χ3n) is 3.64. The van der Waals surface area contributed by atoms with Crippen LogP contribution in [0.4, 0.5) is 0 Å². The summed E-state index contributed by atoms with van der Waals surface area (Å²) in [6, 6.07) is 1.70. The van der Waals surface area contributed by atoms with Crippen molar-refractivity contribution in [2.75, 3.05) is 0 Å². The van der Waals surface area contributed by atoms with E-state index in [0.717, 1.165) is 5.69 Å². The molecule has 0 aliphatic carbocycles. The van der Waals surface area contributed by atoms with Gasteiger partial charge in [-0.2, -0.15) is 5.10 Å². The molecular formula is C14H23N3O3. The standard InChI is InChI=1S/C14H23N3O3/c1-8(2)10-6-11(17-16-10)13(20)15-14(5,9(3)4)7-12(18)19/h6,8-9H,7H2,1-5H3,(H,15,20)(H,16,17)(H,18,19). The summed E-state index contributed by atoms with van der Waals surface area (Å²) >= 11 is 0. The lowest BCUT2D eigenvalue weighted by Crippen LogP contribution is -2.51. The topological polar surface area (TPSA) is 95.1 Å². The van der Waals surface area contributed by atoms with E-state index < -0.39 is 11.5 Å².